The topological polar surface area (TPSA) is 46.2 Å². The van der Waals surface area contributed by atoms with Gasteiger partial charge in [-0.25, -0.2) is 0 Å². The SMILES string of the molecule is CO[SiH](C)OC.CO[Si](C)(OC)OC. The van der Waals surface area contributed by atoms with Gasteiger partial charge in [0.1, 0.15) is 0 Å². The van der Waals surface area contributed by atoms with E-state index in [-0.39, 0.29) is 0 Å². The van der Waals surface area contributed by atoms with Crippen molar-refractivity contribution in [1.82, 2.24) is 0 Å². The van der Waals surface area contributed by atoms with Crippen LogP contribution in [0.3, 0.4) is 0 Å². The summed E-state index contributed by atoms with van der Waals surface area (Å²) in [6.07, 6.45) is 0. The maximum Gasteiger partial charge on any atom is 0.496 e. The lowest BCUT2D eigenvalue weighted by atomic mass is 11.8. The fourth-order valence-electron chi connectivity index (χ4n) is 0.346. The molecule has 0 aromatic heterocycles. The summed E-state index contributed by atoms with van der Waals surface area (Å²) < 4.78 is 24.4. The average molecular weight is 242 g/mol. The summed E-state index contributed by atoms with van der Waals surface area (Å²) in [6, 6.07) is 0. The molecule has 0 atom stereocenters. The Morgan fingerprint density at radius 2 is 1.07 bits per heavy atom. The molecule has 7 heteroatoms. The standard InChI is InChI=1S/C4H12O3Si.C3H10O2Si/c1-5-8(4,6-2)7-3;1-4-6(3)5-2/h1-4H3;6H,1-3H3. The van der Waals surface area contributed by atoms with Crippen LogP contribution in [0.25, 0.3) is 0 Å². The van der Waals surface area contributed by atoms with Crippen LogP contribution in [0.2, 0.25) is 13.1 Å². The molecule has 0 saturated heterocycles. The monoisotopic (exact) mass is 242 g/mol. The van der Waals surface area contributed by atoms with E-state index in [1.54, 1.807) is 35.5 Å². The molecule has 0 bridgehead atoms. The van der Waals surface area contributed by atoms with Crippen LogP contribution < -0.4 is 0 Å². The van der Waals surface area contributed by atoms with Crippen molar-refractivity contribution in [3.63, 3.8) is 0 Å². The molecule has 0 aromatic rings. The Morgan fingerprint density at radius 3 is 1.07 bits per heavy atom. The van der Waals surface area contributed by atoms with Crippen molar-refractivity contribution in [3.05, 3.63) is 0 Å². The normalized spacial score (nSPS) is 11.1. The summed E-state index contributed by atoms with van der Waals surface area (Å²) in [4.78, 5) is 0. The minimum absolute atomic E-state index is 1.16. The van der Waals surface area contributed by atoms with E-state index in [0.29, 0.717) is 0 Å². The van der Waals surface area contributed by atoms with Gasteiger partial charge in [0.2, 0.25) is 0 Å². The van der Waals surface area contributed by atoms with Gasteiger partial charge in [-0.05, 0) is 6.55 Å². The lowest BCUT2D eigenvalue weighted by Crippen LogP contribution is -2.38. The van der Waals surface area contributed by atoms with Crippen LogP contribution in [-0.2, 0) is 22.1 Å². The summed E-state index contributed by atoms with van der Waals surface area (Å²) in [6.45, 7) is 3.80. The molecule has 0 unspecified atom stereocenters. The molecule has 5 nitrogen and oxygen atoms in total. The third kappa shape index (κ3) is 8.82. The molecule has 88 valence electrons. The van der Waals surface area contributed by atoms with Gasteiger partial charge in [0.25, 0.3) is 0 Å². The Kier molecular flexibility index (Phi) is 11.6. The molecule has 0 amide bonds. The van der Waals surface area contributed by atoms with Crippen LogP contribution in [0.4, 0.5) is 0 Å². The fraction of sp³-hybridized carbons (Fsp3) is 1.00. The minimum atomic E-state index is -2.17. The summed E-state index contributed by atoms with van der Waals surface area (Å²) in [7, 11) is 4.75. The second kappa shape index (κ2) is 9.78. The molecule has 0 N–H and O–H groups in total. The zero-order chi connectivity index (χ0) is 11.6. The van der Waals surface area contributed by atoms with E-state index in [9.17, 15) is 0 Å². The van der Waals surface area contributed by atoms with E-state index in [2.05, 4.69) is 0 Å². The molecular formula is C7H22O5Si2. The van der Waals surface area contributed by atoms with Crippen LogP contribution in [0.1, 0.15) is 0 Å². The van der Waals surface area contributed by atoms with E-state index in [1.807, 2.05) is 13.1 Å². The Morgan fingerprint density at radius 1 is 0.786 bits per heavy atom. The van der Waals surface area contributed by atoms with Crippen molar-refractivity contribution in [2.45, 2.75) is 13.1 Å². The molecule has 0 radical (unpaired) electrons. The molecule has 0 spiro atoms. The Bertz CT molecular complexity index is 108. The molecule has 0 rings (SSSR count). The highest BCUT2D eigenvalue weighted by atomic mass is 28.4. The van der Waals surface area contributed by atoms with Crippen LogP contribution >= 0.6 is 0 Å². The molecule has 0 heterocycles. The van der Waals surface area contributed by atoms with Crippen molar-refractivity contribution < 1.29 is 22.1 Å². The highest BCUT2D eigenvalue weighted by Crippen LogP contribution is 2.02. The summed E-state index contributed by atoms with van der Waals surface area (Å²) in [5.74, 6) is 0. The van der Waals surface area contributed by atoms with E-state index in [0.717, 1.165) is 0 Å². The average Bonchev–Trinajstić information content (AvgIpc) is 2.27. The summed E-state index contributed by atoms with van der Waals surface area (Å²) in [5.41, 5.74) is 0. The van der Waals surface area contributed by atoms with E-state index < -0.39 is 18.1 Å². The van der Waals surface area contributed by atoms with Gasteiger partial charge in [0.05, 0.1) is 0 Å². The zero-order valence-corrected chi connectivity index (χ0v) is 12.3. The predicted octanol–water partition coefficient (Wildman–Crippen LogP) is 0.624. The van der Waals surface area contributed by atoms with Crippen LogP contribution in [0.5, 0.6) is 0 Å². The number of hydrogen-bond donors (Lipinski definition) is 0. The maximum absolute atomic E-state index is 4.93. The van der Waals surface area contributed by atoms with Crippen LogP contribution in [-0.4, -0.2) is 53.6 Å². The lowest BCUT2D eigenvalue weighted by molar-refractivity contribution is 0.132. The fourth-order valence-corrected chi connectivity index (χ4v) is 1.04. The molecular weight excluding hydrogens is 220 g/mol. The van der Waals surface area contributed by atoms with Gasteiger partial charge in [-0.1, -0.05) is 0 Å². The minimum Gasteiger partial charge on any atom is -0.400 e. The largest absolute Gasteiger partial charge is 0.496 e. The highest BCUT2D eigenvalue weighted by Gasteiger charge is 2.29. The zero-order valence-electron chi connectivity index (χ0n) is 10.1. The van der Waals surface area contributed by atoms with Gasteiger partial charge >= 0.3 is 18.1 Å². The van der Waals surface area contributed by atoms with Gasteiger partial charge < -0.3 is 22.1 Å². The first-order valence-electron chi connectivity index (χ1n) is 4.20. The molecule has 0 aliphatic rings. The van der Waals surface area contributed by atoms with Crippen molar-refractivity contribution in [3.8, 4) is 0 Å². The lowest BCUT2D eigenvalue weighted by Gasteiger charge is -2.18. The quantitative estimate of drug-likeness (QED) is 0.662. The predicted molar refractivity (Wildman–Crippen MR) is 59.7 cm³/mol. The number of hydrogen-bond acceptors (Lipinski definition) is 5. The highest BCUT2D eigenvalue weighted by molar-refractivity contribution is 6.58. The molecule has 0 saturated carbocycles. The Labute approximate surface area is 89.5 Å². The second-order valence-corrected chi connectivity index (χ2v) is 7.54. The van der Waals surface area contributed by atoms with Gasteiger partial charge in [0.15, 0.2) is 0 Å². The Balaban J connectivity index is 0. The van der Waals surface area contributed by atoms with Crippen molar-refractivity contribution in [1.29, 1.82) is 0 Å². The molecule has 0 aromatic carbocycles. The number of rotatable bonds is 5. The maximum atomic E-state index is 4.93. The van der Waals surface area contributed by atoms with Gasteiger partial charge in [0, 0.05) is 42.1 Å². The molecule has 0 fully saturated rings. The molecule has 0 aliphatic heterocycles. The second-order valence-electron chi connectivity index (χ2n) is 2.51. The third-order valence-electron chi connectivity index (χ3n) is 1.78. The van der Waals surface area contributed by atoms with Crippen LogP contribution in [0, 0.1) is 0 Å². The Hall–Kier alpha value is 0.234. The van der Waals surface area contributed by atoms with Gasteiger partial charge in [-0.15, -0.1) is 0 Å². The van der Waals surface area contributed by atoms with E-state index >= 15 is 0 Å². The molecule has 0 aliphatic carbocycles. The van der Waals surface area contributed by atoms with Crippen molar-refractivity contribution in [2.75, 3.05) is 35.5 Å². The summed E-state index contributed by atoms with van der Waals surface area (Å²) >= 11 is 0. The third-order valence-corrected chi connectivity index (χ3v) is 5.33. The van der Waals surface area contributed by atoms with Gasteiger partial charge in [-0.3, -0.25) is 0 Å². The van der Waals surface area contributed by atoms with Crippen molar-refractivity contribution in [2.24, 2.45) is 0 Å². The first-order chi connectivity index (χ1) is 6.49. The van der Waals surface area contributed by atoms with E-state index in [1.165, 1.54) is 0 Å². The first kappa shape index (κ1) is 16.7. The molecule has 14 heavy (non-hydrogen) atoms. The van der Waals surface area contributed by atoms with E-state index in [4.69, 9.17) is 22.1 Å². The van der Waals surface area contributed by atoms with Crippen LogP contribution in [0.15, 0.2) is 0 Å². The summed E-state index contributed by atoms with van der Waals surface area (Å²) in [5, 5.41) is 0. The smallest absolute Gasteiger partial charge is 0.400 e. The van der Waals surface area contributed by atoms with Crippen molar-refractivity contribution >= 4 is 18.1 Å². The van der Waals surface area contributed by atoms with Gasteiger partial charge in [-0.2, -0.15) is 0 Å². The first-order valence-corrected chi connectivity index (χ1v) is 8.52.